The summed E-state index contributed by atoms with van der Waals surface area (Å²) in [7, 11) is -1.43. The van der Waals surface area contributed by atoms with Crippen molar-refractivity contribution in [2.75, 3.05) is 6.61 Å². The fraction of sp³-hybridized carbons (Fsp3) is 0.226. The Kier molecular flexibility index (Phi) is 7.08. The molecule has 6 rings (SSSR count). The van der Waals surface area contributed by atoms with Gasteiger partial charge in [0.1, 0.15) is 0 Å². The lowest BCUT2D eigenvalue weighted by Gasteiger charge is -2.41. The first-order valence-electron chi connectivity index (χ1n) is 12.6. The summed E-state index contributed by atoms with van der Waals surface area (Å²) in [5.74, 6) is 0.723. The molecule has 3 atom stereocenters. The lowest BCUT2D eigenvalue weighted by molar-refractivity contribution is 0.181. The molecule has 0 spiro atoms. The third-order valence-corrected chi connectivity index (χ3v) is 11.9. The van der Waals surface area contributed by atoms with Gasteiger partial charge in [-0.25, -0.2) is 0 Å². The highest BCUT2D eigenvalue weighted by molar-refractivity contribution is 7.71. The van der Waals surface area contributed by atoms with Crippen molar-refractivity contribution in [1.29, 1.82) is 0 Å². The first kappa shape index (κ1) is 23.1. The van der Waals surface area contributed by atoms with Gasteiger partial charge < -0.3 is 4.52 Å². The van der Waals surface area contributed by atoms with Crippen LogP contribution in [0.3, 0.4) is 0 Å². The Morgan fingerprint density at radius 1 is 0.600 bits per heavy atom. The highest BCUT2D eigenvalue weighted by Crippen LogP contribution is 2.55. The summed E-state index contributed by atoms with van der Waals surface area (Å²) in [5.41, 5.74) is 0. The number of hydrogen-bond donors (Lipinski definition) is 0. The van der Waals surface area contributed by atoms with Crippen molar-refractivity contribution in [3.8, 4) is 0 Å². The third-order valence-electron chi connectivity index (χ3n) is 7.29. The van der Waals surface area contributed by atoms with Gasteiger partial charge in [0.25, 0.3) is 0 Å². The van der Waals surface area contributed by atoms with Gasteiger partial charge in [0, 0.05) is 30.8 Å². The monoisotopic (exact) mass is 495 g/mol. The van der Waals surface area contributed by atoms with Crippen molar-refractivity contribution in [2.45, 2.75) is 31.3 Å². The smallest absolute Gasteiger partial charge is 0.0918 e. The maximum Gasteiger partial charge on any atom is 0.0918 e. The predicted octanol–water partition coefficient (Wildman–Crippen LogP) is 5.95. The van der Waals surface area contributed by atoms with Crippen LogP contribution in [0.15, 0.2) is 121 Å². The number of rotatable bonds is 8. The van der Waals surface area contributed by atoms with Gasteiger partial charge in [0.15, 0.2) is 0 Å². The lowest BCUT2D eigenvalue weighted by Crippen LogP contribution is -2.44. The second-order valence-electron chi connectivity index (χ2n) is 9.42. The maximum atomic E-state index is 6.94. The van der Waals surface area contributed by atoms with E-state index in [0.717, 1.165) is 12.5 Å². The van der Waals surface area contributed by atoms with Crippen LogP contribution in [-0.2, 0) is 4.52 Å². The molecule has 0 radical (unpaired) electrons. The normalized spacial score (nSPS) is 21.7. The zero-order valence-electron chi connectivity index (χ0n) is 19.9. The van der Waals surface area contributed by atoms with Crippen LogP contribution in [0.1, 0.15) is 19.3 Å². The van der Waals surface area contributed by atoms with Gasteiger partial charge in [-0.2, -0.15) is 0 Å². The molecule has 0 amide bonds. The van der Waals surface area contributed by atoms with Crippen LogP contribution in [0.2, 0.25) is 0 Å². The number of hydrogen-bond acceptors (Lipinski definition) is 2. The van der Waals surface area contributed by atoms with E-state index in [-0.39, 0.29) is 0 Å². The Morgan fingerprint density at radius 2 is 1.06 bits per heavy atom. The molecule has 0 aromatic heterocycles. The van der Waals surface area contributed by atoms with Gasteiger partial charge in [-0.05, 0) is 35.8 Å². The van der Waals surface area contributed by atoms with Gasteiger partial charge in [0.05, 0.1) is 14.8 Å². The second kappa shape index (κ2) is 10.7. The quantitative estimate of drug-likeness (QED) is 0.280. The summed E-state index contributed by atoms with van der Waals surface area (Å²) in [6.45, 7) is 0.787. The topological polar surface area (TPSA) is 12.5 Å². The molecule has 2 fully saturated rings. The van der Waals surface area contributed by atoms with E-state index in [1.165, 1.54) is 40.5 Å². The van der Waals surface area contributed by atoms with Crippen LogP contribution in [0.5, 0.6) is 0 Å². The van der Waals surface area contributed by atoms with Crippen molar-refractivity contribution in [1.82, 2.24) is 4.67 Å². The van der Waals surface area contributed by atoms with E-state index in [4.69, 9.17) is 4.52 Å². The lowest BCUT2D eigenvalue weighted by atomic mass is 10.0. The number of nitrogens with zero attached hydrogens (tertiary/aromatic N) is 1. The van der Waals surface area contributed by atoms with E-state index in [1.54, 1.807) is 0 Å². The van der Waals surface area contributed by atoms with E-state index in [1.807, 2.05) is 0 Å². The number of fused-ring (bicyclic) bond motifs is 2. The minimum Gasteiger partial charge on any atom is -0.348 e. The van der Waals surface area contributed by atoms with E-state index < -0.39 is 16.2 Å². The van der Waals surface area contributed by atoms with Crippen molar-refractivity contribution in [2.24, 2.45) is 5.92 Å². The fourth-order valence-electron chi connectivity index (χ4n) is 5.72. The molecule has 0 unspecified atom stereocenters. The van der Waals surface area contributed by atoms with Crippen LogP contribution in [-0.4, -0.2) is 23.4 Å². The summed E-state index contributed by atoms with van der Waals surface area (Å²) < 4.78 is 9.81. The molecule has 1 saturated heterocycles. The Labute approximate surface area is 211 Å². The van der Waals surface area contributed by atoms with Crippen LogP contribution in [0.25, 0.3) is 0 Å². The number of benzene rings is 4. The van der Waals surface area contributed by atoms with Crippen LogP contribution in [0, 0.1) is 5.92 Å². The first-order valence-corrected chi connectivity index (χ1v) is 15.2. The number of piperidine rings is 1. The SMILES string of the molecule is c1ccc(P(OC[C@@H]2[C@H]3CC[C@H](C3)N2P(c2ccccc2)c2ccccc2)c2ccccc2)cc1. The van der Waals surface area contributed by atoms with Crippen LogP contribution < -0.4 is 21.2 Å². The van der Waals surface area contributed by atoms with E-state index in [0.29, 0.717) is 12.1 Å². The molecule has 2 bridgehead atoms. The fourth-order valence-corrected chi connectivity index (χ4v) is 10.3. The average molecular weight is 496 g/mol. The van der Waals surface area contributed by atoms with Crippen molar-refractivity contribution in [3.05, 3.63) is 121 Å². The Balaban J connectivity index is 1.32. The Bertz CT molecular complexity index is 1130. The van der Waals surface area contributed by atoms with E-state index in [9.17, 15) is 0 Å². The van der Waals surface area contributed by atoms with Gasteiger partial charge in [-0.1, -0.05) is 121 Å². The largest absolute Gasteiger partial charge is 0.348 e. The molecular weight excluding hydrogens is 464 g/mol. The summed E-state index contributed by atoms with van der Waals surface area (Å²) in [6.07, 6.45) is 3.95. The van der Waals surface area contributed by atoms with E-state index >= 15 is 0 Å². The molecule has 4 aromatic carbocycles. The van der Waals surface area contributed by atoms with Crippen molar-refractivity contribution in [3.63, 3.8) is 0 Å². The molecule has 1 aliphatic heterocycles. The summed E-state index contributed by atoms with van der Waals surface area (Å²) >= 11 is 0. The molecule has 4 aromatic rings. The van der Waals surface area contributed by atoms with Gasteiger partial charge >= 0.3 is 0 Å². The van der Waals surface area contributed by atoms with Gasteiger partial charge in [0.2, 0.25) is 0 Å². The van der Waals surface area contributed by atoms with Crippen molar-refractivity contribution < 1.29 is 4.52 Å². The standard InChI is InChI=1S/C31H31NOP2/c1-5-13-27(14-6-1)34(28-15-7-2-8-16-28)32-26-22-21-25(23-26)31(32)24-33-35(29-17-9-3-10-18-29)30-19-11-4-12-20-30/h1-20,25-26,31H,21-24H2/t25-,26+,31+/m0/s1. The highest BCUT2D eigenvalue weighted by atomic mass is 31.1. The predicted molar refractivity (Wildman–Crippen MR) is 151 cm³/mol. The second-order valence-corrected chi connectivity index (χ2v) is 13.4. The van der Waals surface area contributed by atoms with Gasteiger partial charge in [-0.3, -0.25) is 4.67 Å². The zero-order valence-corrected chi connectivity index (χ0v) is 21.6. The summed E-state index contributed by atoms with van der Waals surface area (Å²) in [5, 5.41) is 5.47. The Morgan fingerprint density at radius 3 is 1.54 bits per heavy atom. The Hall–Kier alpha value is -2.34. The minimum absolute atomic E-state index is 0.456. The summed E-state index contributed by atoms with van der Waals surface area (Å²) in [6, 6.07) is 45.0. The third kappa shape index (κ3) is 4.87. The molecule has 1 saturated carbocycles. The van der Waals surface area contributed by atoms with E-state index in [2.05, 4.69) is 126 Å². The minimum atomic E-state index is -0.843. The van der Waals surface area contributed by atoms with Gasteiger partial charge in [-0.15, -0.1) is 0 Å². The molecule has 4 heteroatoms. The molecule has 35 heavy (non-hydrogen) atoms. The molecule has 2 aliphatic rings. The molecular formula is C31H31NOP2. The maximum absolute atomic E-state index is 6.94. The molecule has 2 nitrogen and oxygen atoms in total. The van der Waals surface area contributed by atoms with Crippen LogP contribution in [0.4, 0.5) is 0 Å². The van der Waals surface area contributed by atoms with Crippen LogP contribution >= 0.6 is 16.2 Å². The zero-order chi connectivity index (χ0) is 23.5. The average Bonchev–Trinajstić information content (AvgIpc) is 3.54. The first-order chi connectivity index (χ1) is 17.4. The highest BCUT2D eigenvalue weighted by Gasteiger charge is 2.49. The molecule has 1 heterocycles. The molecule has 0 N–H and O–H groups in total. The van der Waals surface area contributed by atoms with Crippen molar-refractivity contribution >= 4 is 37.4 Å². The molecule has 1 aliphatic carbocycles. The molecule has 176 valence electrons. The summed E-state index contributed by atoms with van der Waals surface area (Å²) in [4.78, 5) is 0.